The lowest BCUT2D eigenvalue weighted by molar-refractivity contribution is -0.135. The number of methoxy groups -OCH3 is 1. The Morgan fingerprint density at radius 1 is 1.71 bits per heavy atom. The van der Waals surface area contributed by atoms with Gasteiger partial charge in [-0.1, -0.05) is 0 Å². The first-order chi connectivity index (χ1) is 6.69. The average molecular weight is 207 g/mol. The Balaban J connectivity index is 3.03. The number of hydrogen-bond donors (Lipinski definition) is 0. The molecule has 1 aromatic rings. The van der Waals surface area contributed by atoms with Gasteiger partial charge in [0.1, 0.15) is 11.6 Å². The molecule has 4 heteroatoms. The molecular formula is C10H9NO2S. The Kier molecular flexibility index (Phi) is 3.43. The second-order valence-electron chi connectivity index (χ2n) is 2.63. The lowest BCUT2D eigenvalue weighted by Gasteiger charge is -1.95. The largest absolute Gasteiger partial charge is 0.465 e. The van der Waals surface area contributed by atoms with Gasteiger partial charge in [-0.25, -0.2) is 4.79 Å². The van der Waals surface area contributed by atoms with Crippen molar-refractivity contribution < 1.29 is 9.53 Å². The molecule has 1 rings (SSSR count). The van der Waals surface area contributed by atoms with Gasteiger partial charge in [0.15, 0.2) is 0 Å². The van der Waals surface area contributed by atoms with Crippen LogP contribution in [0, 0.1) is 18.3 Å². The van der Waals surface area contributed by atoms with E-state index in [-0.39, 0.29) is 5.57 Å². The Hall–Kier alpha value is -1.60. The molecule has 0 N–H and O–H groups in total. The molecule has 0 fully saturated rings. The van der Waals surface area contributed by atoms with Gasteiger partial charge in [0.2, 0.25) is 0 Å². The summed E-state index contributed by atoms with van der Waals surface area (Å²) in [7, 11) is 1.26. The Morgan fingerprint density at radius 3 is 2.86 bits per heavy atom. The van der Waals surface area contributed by atoms with Crippen molar-refractivity contribution in [1.29, 1.82) is 5.26 Å². The molecule has 0 atom stereocenters. The molecule has 0 aliphatic heterocycles. The van der Waals surface area contributed by atoms with E-state index in [4.69, 9.17) is 5.26 Å². The molecule has 0 spiro atoms. The van der Waals surface area contributed by atoms with Crippen molar-refractivity contribution in [2.75, 3.05) is 7.11 Å². The highest BCUT2D eigenvalue weighted by Crippen LogP contribution is 2.19. The molecule has 0 unspecified atom stereocenters. The van der Waals surface area contributed by atoms with E-state index >= 15 is 0 Å². The van der Waals surface area contributed by atoms with Crippen molar-refractivity contribution in [2.45, 2.75) is 6.92 Å². The zero-order chi connectivity index (χ0) is 10.6. The van der Waals surface area contributed by atoms with Gasteiger partial charge in [-0.3, -0.25) is 0 Å². The highest BCUT2D eigenvalue weighted by molar-refractivity contribution is 7.11. The van der Waals surface area contributed by atoms with Crippen LogP contribution in [0.5, 0.6) is 0 Å². The van der Waals surface area contributed by atoms with Crippen molar-refractivity contribution in [3.63, 3.8) is 0 Å². The van der Waals surface area contributed by atoms with Crippen molar-refractivity contribution in [3.05, 3.63) is 27.5 Å². The van der Waals surface area contributed by atoms with Gasteiger partial charge in [0.25, 0.3) is 0 Å². The molecule has 0 amide bonds. The van der Waals surface area contributed by atoms with E-state index in [1.54, 1.807) is 6.08 Å². The first kappa shape index (κ1) is 10.5. The van der Waals surface area contributed by atoms with Gasteiger partial charge in [0, 0.05) is 4.88 Å². The quantitative estimate of drug-likeness (QED) is 0.424. The van der Waals surface area contributed by atoms with Crippen molar-refractivity contribution in [3.8, 4) is 6.07 Å². The molecule has 0 aliphatic rings. The number of esters is 1. The van der Waals surface area contributed by atoms with Crippen LogP contribution in [0.15, 0.2) is 17.0 Å². The number of carbonyl (C=O) groups excluding carboxylic acids is 1. The van der Waals surface area contributed by atoms with Crippen LogP contribution < -0.4 is 0 Å². The SMILES string of the molecule is COC(=O)C(C#N)=Cc1sccc1C. The summed E-state index contributed by atoms with van der Waals surface area (Å²) in [5.41, 5.74) is 1.07. The van der Waals surface area contributed by atoms with Crippen LogP contribution in [0.1, 0.15) is 10.4 Å². The topological polar surface area (TPSA) is 50.1 Å². The van der Waals surface area contributed by atoms with Crippen LogP contribution in [0.2, 0.25) is 0 Å². The molecule has 0 aromatic carbocycles. The van der Waals surface area contributed by atoms with Gasteiger partial charge in [-0.15, -0.1) is 11.3 Å². The Labute approximate surface area is 86.2 Å². The van der Waals surface area contributed by atoms with Crippen LogP contribution in [0.4, 0.5) is 0 Å². The normalized spacial score (nSPS) is 10.8. The number of hydrogen-bond acceptors (Lipinski definition) is 4. The molecule has 72 valence electrons. The van der Waals surface area contributed by atoms with E-state index in [0.717, 1.165) is 10.4 Å². The molecule has 0 bridgehead atoms. The van der Waals surface area contributed by atoms with Crippen LogP contribution in [0.25, 0.3) is 6.08 Å². The molecule has 1 heterocycles. The fourth-order valence-corrected chi connectivity index (χ4v) is 1.77. The number of nitriles is 1. The van der Waals surface area contributed by atoms with Crippen LogP contribution in [0.3, 0.4) is 0 Å². The number of carbonyl (C=O) groups is 1. The lowest BCUT2D eigenvalue weighted by atomic mass is 10.2. The third-order valence-corrected chi connectivity index (χ3v) is 2.67. The summed E-state index contributed by atoms with van der Waals surface area (Å²) in [6, 6.07) is 3.74. The molecule has 14 heavy (non-hydrogen) atoms. The van der Waals surface area contributed by atoms with E-state index in [9.17, 15) is 4.79 Å². The number of rotatable bonds is 2. The average Bonchev–Trinajstić information content (AvgIpc) is 2.59. The third kappa shape index (κ3) is 2.21. The maximum atomic E-state index is 11.1. The molecule has 0 radical (unpaired) electrons. The molecule has 0 saturated heterocycles. The Bertz CT molecular complexity index is 412. The number of nitrogens with zero attached hydrogens (tertiary/aromatic N) is 1. The fraction of sp³-hybridized carbons (Fsp3) is 0.200. The van der Waals surface area contributed by atoms with Crippen molar-refractivity contribution in [2.24, 2.45) is 0 Å². The first-order valence-electron chi connectivity index (χ1n) is 3.93. The Morgan fingerprint density at radius 2 is 2.43 bits per heavy atom. The first-order valence-corrected chi connectivity index (χ1v) is 4.81. The lowest BCUT2D eigenvalue weighted by Crippen LogP contribution is -2.02. The van der Waals surface area contributed by atoms with Crippen molar-refractivity contribution >= 4 is 23.4 Å². The number of aryl methyl sites for hydroxylation is 1. The molecular weight excluding hydrogens is 198 g/mol. The van der Waals surface area contributed by atoms with Crippen LogP contribution in [-0.2, 0) is 9.53 Å². The zero-order valence-electron chi connectivity index (χ0n) is 7.90. The molecule has 0 saturated carbocycles. The van der Waals surface area contributed by atoms with E-state index in [0.29, 0.717) is 0 Å². The summed E-state index contributed by atoms with van der Waals surface area (Å²) in [5.74, 6) is -0.597. The summed E-state index contributed by atoms with van der Waals surface area (Å²) < 4.78 is 4.47. The minimum atomic E-state index is -0.597. The summed E-state index contributed by atoms with van der Waals surface area (Å²) in [6.45, 7) is 1.93. The minimum absolute atomic E-state index is 0.0260. The van der Waals surface area contributed by atoms with Gasteiger partial charge in [-0.05, 0) is 30.0 Å². The standard InChI is InChI=1S/C10H9NO2S/c1-7-3-4-14-9(7)5-8(6-11)10(12)13-2/h3-5H,1-2H3. The predicted molar refractivity (Wildman–Crippen MR) is 54.7 cm³/mol. The van der Waals surface area contributed by atoms with Gasteiger partial charge < -0.3 is 4.74 Å². The maximum Gasteiger partial charge on any atom is 0.348 e. The van der Waals surface area contributed by atoms with Crippen LogP contribution in [-0.4, -0.2) is 13.1 Å². The summed E-state index contributed by atoms with van der Waals surface area (Å²) in [4.78, 5) is 12.0. The fourth-order valence-electron chi connectivity index (χ4n) is 0.910. The second kappa shape index (κ2) is 4.58. The molecule has 0 aliphatic carbocycles. The van der Waals surface area contributed by atoms with Gasteiger partial charge in [0.05, 0.1) is 7.11 Å². The van der Waals surface area contributed by atoms with E-state index in [1.807, 2.05) is 24.4 Å². The van der Waals surface area contributed by atoms with Gasteiger partial charge in [-0.2, -0.15) is 5.26 Å². The van der Waals surface area contributed by atoms with Gasteiger partial charge >= 0.3 is 5.97 Å². The molecule has 1 aromatic heterocycles. The third-order valence-electron chi connectivity index (χ3n) is 1.70. The zero-order valence-corrected chi connectivity index (χ0v) is 8.72. The smallest absolute Gasteiger partial charge is 0.348 e. The second-order valence-corrected chi connectivity index (χ2v) is 3.58. The monoisotopic (exact) mass is 207 g/mol. The minimum Gasteiger partial charge on any atom is -0.465 e. The predicted octanol–water partition coefficient (Wildman–Crippen LogP) is 2.14. The summed E-state index contributed by atoms with van der Waals surface area (Å²) in [6.07, 6.45) is 1.55. The van der Waals surface area contributed by atoms with Crippen molar-refractivity contribution in [1.82, 2.24) is 0 Å². The summed E-state index contributed by atoms with van der Waals surface area (Å²) >= 11 is 1.49. The highest BCUT2D eigenvalue weighted by Gasteiger charge is 2.09. The number of thiophene rings is 1. The van der Waals surface area contributed by atoms with E-state index in [1.165, 1.54) is 18.4 Å². The highest BCUT2D eigenvalue weighted by atomic mass is 32.1. The summed E-state index contributed by atoms with van der Waals surface area (Å²) in [5, 5.41) is 10.6. The number of ether oxygens (including phenoxy) is 1. The van der Waals surface area contributed by atoms with Crippen LogP contribution >= 0.6 is 11.3 Å². The molecule has 3 nitrogen and oxygen atoms in total. The van der Waals surface area contributed by atoms with E-state index in [2.05, 4.69) is 4.74 Å². The maximum absolute atomic E-state index is 11.1. The van der Waals surface area contributed by atoms with E-state index < -0.39 is 5.97 Å².